The fourth-order valence-corrected chi connectivity index (χ4v) is 2.83. The highest BCUT2D eigenvalue weighted by Gasteiger charge is 2.27. The maximum absolute atomic E-state index is 13.6. The van der Waals surface area contributed by atoms with E-state index in [4.69, 9.17) is 5.11 Å². The molecule has 3 heteroatoms. The number of rotatable bonds is 3. The molecule has 0 spiro atoms. The molecule has 0 aromatic heterocycles. The molecule has 0 radical (unpaired) electrons. The monoisotopic (exact) mass is 270 g/mol. The van der Waals surface area contributed by atoms with Gasteiger partial charge < -0.3 is 5.11 Å². The zero-order valence-corrected chi connectivity index (χ0v) is 11.1. The van der Waals surface area contributed by atoms with Crippen LogP contribution in [0.25, 0.3) is 11.1 Å². The van der Waals surface area contributed by atoms with Gasteiger partial charge in [0.1, 0.15) is 0 Å². The van der Waals surface area contributed by atoms with Crippen LogP contribution in [0.4, 0.5) is 4.39 Å². The molecule has 2 atom stereocenters. The van der Waals surface area contributed by atoms with Gasteiger partial charge in [-0.3, -0.25) is 0 Å². The second-order valence-corrected chi connectivity index (χ2v) is 5.28. The Morgan fingerprint density at radius 2 is 1.85 bits per heavy atom. The molecule has 0 saturated carbocycles. The molecule has 20 heavy (non-hydrogen) atoms. The molecule has 2 aromatic carbocycles. The summed E-state index contributed by atoms with van der Waals surface area (Å²) >= 11 is 0. The lowest BCUT2D eigenvalue weighted by molar-refractivity contribution is -0.143. The van der Waals surface area contributed by atoms with Crippen LogP contribution in [0.5, 0.6) is 0 Å². The third-order valence-corrected chi connectivity index (χ3v) is 4.02. The third-order valence-electron chi connectivity index (χ3n) is 4.02. The van der Waals surface area contributed by atoms with Crippen molar-refractivity contribution < 1.29 is 14.3 Å². The standard InChI is InChI=1S/C17H15FO2/c1-10(16(18)17(19)20)11-6-7-15-13(8-11)9-12-4-2-3-5-14(12)15/h2-8,10,16H,9H2,1H3,(H,19,20). The highest BCUT2D eigenvalue weighted by molar-refractivity contribution is 5.77. The summed E-state index contributed by atoms with van der Waals surface area (Å²) in [5.41, 5.74) is 5.54. The molecule has 2 nitrogen and oxygen atoms in total. The van der Waals surface area contributed by atoms with Crippen LogP contribution in [-0.2, 0) is 11.2 Å². The minimum Gasteiger partial charge on any atom is -0.479 e. The zero-order valence-electron chi connectivity index (χ0n) is 11.1. The Hall–Kier alpha value is -2.16. The number of hydrogen-bond acceptors (Lipinski definition) is 1. The maximum Gasteiger partial charge on any atom is 0.338 e. The second kappa shape index (κ2) is 4.75. The lowest BCUT2D eigenvalue weighted by atomic mass is 9.93. The smallest absolute Gasteiger partial charge is 0.338 e. The summed E-state index contributed by atoms with van der Waals surface area (Å²) in [6.45, 7) is 1.61. The molecule has 102 valence electrons. The largest absolute Gasteiger partial charge is 0.479 e. The first-order chi connectivity index (χ1) is 9.58. The Labute approximate surface area is 116 Å². The fourth-order valence-electron chi connectivity index (χ4n) is 2.83. The molecular weight excluding hydrogens is 255 g/mol. The summed E-state index contributed by atoms with van der Waals surface area (Å²) in [5, 5.41) is 8.77. The molecule has 0 saturated heterocycles. The number of carboxylic acid groups (broad SMARTS) is 1. The van der Waals surface area contributed by atoms with E-state index in [1.165, 1.54) is 16.7 Å². The highest BCUT2D eigenvalue weighted by Crippen LogP contribution is 2.38. The van der Waals surface area contributed by atoms with Gasteiger partial charge in [0.2, 0.25) is 6.17 Å². The van der Waals surface area contributed by atoms with Crippen LogP contribution in [0.3, 0.4) is 0 Å². The molecule has 2 unspecified atom stereocenters. The van der Waals surface area contributed by atoms with Gasteiger partial charge in [0.05, 0.1) is 0 Å². The molecular formula is C17H15FO2. The summed E-state index contributed by atoms with van der Waals surface area (Å²) in [5.74, 6) is -2.04. The number of halogens is 1. The molecule has 3 rings (SSSR count). The van der Waals surface area contributed by atoms with Crippen molar-refractivity contribution in [2.75, 3.05) is 0 Å². The number of aliphatic carboxylic acids is 1. The second-order valence-electron chi connectivity index (χ2n) is 5.28. The minimum atomic E-state index is -1.86. The number of carbonyl (C=O) groups is 1. The first kappa shape index (κ1) is 12.9. The van der Waals surface area contributed by atoms with Gasteiger partial charge in [0.15, 0.2) is 0 Å². The summed E-state index contributed by atoms with van der Waals surface area (Å²) in [6, 6.07) is 13.9. The average Bonchev–Trinajstić information content (AvgIpc) is 2.83. The van der Waals surface area contributed by atoms with Gasteiger partial charge in [-0.15, -0.1) is 0 Å². The molecule has 0 aliphatic heterocycles. The number of carboxylic acids is 1. The van der Waals surface area contributed by atoms with Crippen molar-refractivity contribution in [1.82, 2.24) is 0 Å². The summed E-state index contributed by atoms with van der Waals surface area (Å²) in [4.78, 5) is 10.8. The van der Waals surface area contributed by atoms with E-state index in [1.54, 1.807) is 6.92 Å². The normalized spacial score (nSPS) is 15.3. The molecule has 1 aliphatic rings. The highest BCUT2D eigenvalue weighted by atomic mass is 19.1. The van der Waals surface area contributed by atoms with Crippen molar-refractivity contribution in [2.45, 2.75) is 25.4 Å². The quantitative estimate of drug-likeness (QED) is 0.786. The van der Waals surface area contributed by atoms with Crippen LogP contribution >= 0.6 is 0 Å². The molecule has 0 heterocycles. The van der Waals surface area contributed by atoms with E-state index in [2.05, 4.69) is 12.1 Å². The molecule has 1 N–H and O–H groups in total. The van der Waals surface area contributed by atoms with Gasteiger partial charge in [-0.05, 0) is 34.2 Å². The first-order valence-electron chi connectivity index (χ1n) is 6.66. The first-order valence-corrected chi connectivity index (χ1v) is 6.66. The number of benzene rings is 2. The van der Waals surface area contributed by atoms with Gasteiger partial charge >= 0.3 is 5.97 Å². The van der Waals surface area contributed by atoms with Crippen molar-refractivity contribution in [3.8, 4) is 11.1 Å². The van der Waals surface area contributed by atoms with Crippen LogP contribution in [-0.4, -0.2) is 17.2 Å². The van der Waals surface area contributed by atoms with E-state index < -0.39 is 18.1 Å². The third kappa shape index (κ3) is 1.99. The lowest BCUT2D eigenvalue weighted by Crippen LogP contribution is -2.21. The van der Waals surface area contributed by atoms with Crippen LogP contribution in [0.1, 0.15) is 29.5 Å². The van der Waals surface area contributed by atoms with E-state index in [0.717, 1.165) is 17.5 Å². The Balaban J connectivity index is 1.97. The van der Waals surface area contributed by atoms with Gasteiger partial charge in [-0.25, -0.2) is 9.18 Å². The van der Waals surface area contributed by atoms with E-state index in [0.29, 0.717) is 0 Å². The molecule has 0 fully saturated rings. The van der Waals surface area contributed by atoms with E-state index in [-0.39, 0.29) is 0 Å². The van der Waals surface area contributed by atoms with Crippen molar-refractivity contribution in [1.29, 1.82) is 0 Å². The van der Waals surface area contributed by atoms with Gasteiger partial charge in [0, 0.05) is 5.92 Å². The van der Waals surface area contributed by atoms with Gasteiger partial charge in [0.25, 0.3) is 0 Å². The Morgan fingerprint density at radius 3 is 2.60 bits per heavy atom. The van der Waals surface area contributed by atoms with Crippen molar-refractivity contribution in [3.05, 3.63) is 59.2 Å². The van der Waals surface area contributed by atoms with E-state index >= 15 is 0 Å². The topological polar surface area (TPSA) is 37.3 Å². The van der Waals surface area contributed by atoms with Gasteiger partial charge in [-0.2, -0.15) is 0 Å². The van der Waals surface area contributed by atoms with Crippen molar-refractivity contribution in [2.24, 2.45) is 0 Å². The summed E-state index contributed by atoms with van der Waals surface area (Å²) in [6.07, 6.45) is -1.03. The number of hydrogen-bond donors (Lipinski definition) is 1. The number of alkyl halides is 1. The minimum absolute atomic E-state index is 0.637. The molecule has 1 aliphatic carbocycles. The van der Waals surface area contributed by atoms with Crippen molar-refractivity contribution >= 4 is 5.97 Å². The maximum atomic E-state index is 13.6. The molecule has 0 amide bonds. The SMILES string of the molecule is CC(c1ccc2c(c1)Cc1ccccc1-2)C(F)C(=O)O. The summed E-state index contributed by atoms with van der Waals surface area (Å²) < 4.78 is 13.6. The predicted octanol–water partition coefficient (Wildman–Crippen LogP) is 3.78. The lowest BCUT2D eigenvalue weighted by Gasteiger charge is -2.14. The Kier molecular flexibility index (Phi) is 3.05. The summed E-state index contributed by atoms with van der Waals surface area (Å²) in [7, 11) is 0. The fraction of sp³-hybridized carbons (Fsp3) is 0.235. The van der Waals surface area contributed by atoms with E-state index in [1.807, 2.05) is 30.3 Å². The van der Waals surface area contributed by atoms with Crippen LogP contribution in [0.15, 0.2) is 42.5 Å². The van der Waals surface area contributed by atoms with E-state index in [9.17, 15) is 9.18 Å². The van der Waals surface area contributed by atoms with Crippen molar-refractivity contribution in [3.63, 3.8) is 0 Å². The molecule has 2 aromatic rings. The van der Waals surface area contributed by atoms with Crippen LogP contribution in [0, 0.1) is 0 Å². The molecule has 0 bridgehead atoms. The van der Waals surface area contributed by atoms with Crippen LogP contribution < -0.4 is 0 Å². The average molecular weight is 270 g/mol. The Bertz CT molecular complexity index is 678. The number of fused-ring (bicyclic) bond motifs is 3. The Morgan fingerprint density at radius 1 is 1.15 bits per heavy atom. The van der Waals surface area contributed by atoms with Crippen LogP contribution in [0.2, 0.25) is 0 Å². The zero-order chi connectivity index (χ0) is 14.3. The predicted molar refractivity (Wildman–Crippen MR) is 75.6 cm³/mol. The van der Waals surface area contributed by atoms with Gasteiger partial charge in [-0.1, -0.05) is 49.4 Å².